The van der Waals surface area contributed by atoms with Crippen LogP contribution in [0, 0.1) is 6.92 Å². The molecule has 0 saturated carbocycles. The van der Waals surface area contributed by atoms with Crippen LogP contribution >= 0.6 is 0 Å². The molecule has 3 aromatic carbocycles. The quantitative estimate of drug-likeness (QED) is 0.452. The molecule has 0 aliphatic rings. The van der Waals surface area contributed by atoms with Crippen LogP contribution in [-0.2, 0) is 6.61 Å². The molecular formula is C24H20N4O. The first-order valence-electron chi connectivity index (χ1n) is 9.55. The third-order valence-corrected chi connectivity index (χ3v) is 4.90. The highest BCUT2D eigenvalue weighted by Gasteiger charge is 2.15. The summed E-state index contributed by atoms with van der Waals surface area (Å²) in [6.45, 7) is 2.50. The Balaban J connectivity index is 1.60. The van der Waals surface area contributed by atoms with Crippen molar-refractivity contribution < 1.29 is 4.84 Å². The molecule has 5 nitrogen and oxygen atoms in total. The molecule has 0 amide bonds. The van der Waals surface area contributed by atoms with Gasteiger partial charge in [0.2, 0.25) is 0 Å². The zero-order chi connectivity index (χ0) is 19.6. The molecule has 2 heterocycles. The second kappa shape index (κ2) is 7.28. The number of fused-ring (bicyclic) bond motifs is 3. The molecule has 5 rings (SSSR count). The van der Waals surface area contributed by atoms with Crippen molar-refractivity contribution >= 4 is 33.3 Å². The fourth-order valence-corrected chi connectivity index (χ4v) is 3.39. The molecule has 0 radical (unpaired) electrons. The maximum Gasteiger partial charge on any atom is 0.161 e. The summed E-state index contributed by atoms with van der Waals surface area (Å²) in [6, 6.07) is 26.4. The molecular weight excluding hydrogens is 360 g/mol. The Morgan fingerprint density at radius 2 is 1.62 bits per heavy atom. The average Bonchev–Trinajstić information content (AvgIpc) is 3.19. The molecule has 0 unspecified atom stereocenters. The number of aromatic nitrogens is 3. The SMILES string of the molecule is Cc1ccc(Nc2nc3ccccc3c3cnn(OCc4ccccc4)c23)cc1. The molecule has 29 heavy (non-hydrogen) atoms. The summed E-state index contributed by atoms with van der Waals surface area (Å²) in [5.74, 6) is 0.716. The van der Waals surface area contributed by atoms with Crippen LogP contribution in [0.25, 0.3) is 21.8 Å². The van der Waals surface area contributed by atoms with E-state index in [1.54, 1.807) is 4.85 Å². The summed E-state index contributed by atoms with van der Waals surface area (Å²) >= 11 is 0. The number of anilines is 2. The number of pyridine rings is 1. The van der Waals surface area contributed by atoms with E-state index < -0.39 is 0 Å². The Hall–Kier alpha value is -3.86. The van der Waals surface area contributed by atoms with Gasteiger partial charge in [-0.1, -0.05) is 71.1 Å². The third-order valence-electron chi connectivity index (χ3n) is 4.90. The number of hydrogen-bond donors (Lipinski definition) is 1. The Labute approximate surface area is 168 Å². The molecule has 0 bridgehead atoms. The maximum absolute atomic E-state index is 6.02. The standard InChI is InChI=1S/C24H20N4O/c1-17-11-13-19(14-12-17)26-24-23-21(20-9-5-6-10-22(20)27-24)15-25-28(23)29-16-18-7-3-2-4-8-18/h2-15H,16H2,1H3,(H,26,27). The molecule has 0 saturated heterocycles. The summed E-state index contributed by atoms with van der Waals surface area (Å²) in [4.78, 5) is 12.4. The first-order valence-corrected chi connectivity index (χ1v) is 9.55. The van der Waals surface area contributed by atoms with Crippen molar-refractivity contribution in [2.75, 3.05) is 5.32 Å². The highest BCUT2D eigenvalue weighted by Crippen LogP contribution is 2.30. The van der Waals surface area contributed by atoms with E-state index in [0.29, 0.717) is 12.4 Å². The summed E-state index contributed by atoms with van der Waals surface area (Å²) in [7, 11) is 0. The fourth-order valence-electron chi connectivity index (χ4n) is 3.39. The Morgan fingerprint density at radius 3 is 2.45 bits per heavy atom. The van der Waals surface area contributed by atoms with E-state index in [1.165, 1.54) is 5.56 Å². The molecule has 2 aromatic heterocycles. The molecule has 0 aliphatic heterocycles. The number of aryl methyl sites for hydroxylation is 1. The Kier molecular flexibility index (Phi) is 4.33. The number of para-hydroxylation sites is 1. The summed E-state index contributed by atoms with van der Waals surface area (Å²) in [6.07, 6.45) is 1.84. The molecule has 0 fully saturated rings. The van der Waals surface area contributed by atoms with Crippen molar-refractivity contribution in [3.05, 3.63) is 96.2 Å². The Morgan fingerprint density at radius 1 is 0.862 bits per heavy atom. The van der Waals surface area contributed by atoms with Crippen LogP contribution < -0.4 is 10.2 Å². The van der Waals surface area contributed by atoms with E-state index in [1.807, 2.05) is 66.9 Å². The molecule has 0 aliphatic carbocycles. The second-order valence-electron chi connectivity index (χ2n) is 7.01. The number of rotatable bonds is 5. The van der Waals surface area contributed by atoms with Crippen molar-refractivity contribution in [2.24, 2.45) is 0 Å². The van der Waals surface area contributed by atoms with Crippen molar-refractivity contribution in [3.63, 3.8) is 0 Å². The second-order valence-corrected chi connectivity index (χ2v) is 7.01. The minimum Gasteiger partial charge on any atom is -0.391 e. The van der Waals surface area contributed by atoms with E-state index in [2.05, 4.69) is 35.5 Å². The topological polar surface area (TPSA) is 52.0 Å². The van der Waals surface area contributed by atoms with Crippen molar-refractivity contribution in [3.8, 4) is 0 Å². The van der Waals surface area contributed by atoms with Gasteiger partial charge in [-0.05, 0) is 30.7 Å². The molecule has 5 heteroatoms. The van der Waals surface area contributed by atoms with Crippen LogP contribution in [0.5, 0.6) is 0 Å². The van der Waals surface area contributed by atoms with Gasteiger partial charge in [-0.3, -0.25) is 0 Å². The maximum atomic E-state index is 6.02. The van der Waals surface area contributed by atoms with Gasteiger partial charge in [0.05, 0.1) is 11.7 Å². The lowest BCUT2D eigenvalue weighted by Gasteiger charge is -2.12. The van der Waals surface area contributed by atoms with Gasteiger partial charge < -0.3 is 10.2 Å². The van der Waals surface area contributed by atoms with E-state index in [4.69, 9.17) is 9.82 Å². The van der Waals surface area contributed by atoms with Gasteiger partial charge in [-0.25, -0.2) is 4.98 Å². The molecule has 0 atom stereocenters. The van der Waals surface area contributed by atoms with E-state index in [9.17, 15) is 0 Å². The molecule has 142 valence electrons. The van der Waals surface area contributed by atoms with Crippen LogP contribution in [0.4, 0.5) is 11.5 Å². The number of nitrogens with zero attached hydrogens (tertiary/aromatic N) is 3. The minimum atomic E-state index is 0.425. The summed E-state index contributed by atoms with van der Waals surface area (Å²) < 4.78 is 0. The largest absolute Gasteiger partial charge is 0.391 e. The van der Waals surface area contributed by atoms with Crippen LogP contribution in [0.3, 0.4) is 0 Å². The fraction of sp³-hybridized carbons (Fsp3) is 0.0833. The van der Waals surface area contributed by atoms with Crippen molar-refractivity contribution in [1.29, 1.82) is 0 Å². The van der Waals surface area contributed by atoms with Crippen LogP contribution in [0.1, 0.15) is 11.1 Å². The number of benzene rings is 3. The zero-order valence-corrected chi connectivity index (χ0v) is 16.0. The predicted molar refractivity (Wildman–Crippen MR) is 116 cm³/mol. The predicted octanol–water partition coefficient (Wildman–Crippen LogP) is 5.27. The average molecular weight is 380 g/mol. The smallest absolute Gasteiger partial charge is 0.161 e. The molecule has 0 spiro atoms. The normalized spacial score (nSPS) is 11.1. The lowest BCUT2D eigenvalue weighted by molar-refractivity contribution is 0.0796. The van der Waals surface area contributed by atoms with Gasteiger partial charge in [0.1, 0.15) is 6.61 Å². The van der Waals surface area contributed by atoms with Gasteiger partial charge in [-0.2, -0.15) is 0 Å². The zero-order valence-electron chi connectivity index (χ0n) is 16.0. The number of nitrogens with one attached hydrogen (secondary N) is 1. The van der Waals surface area contributed by atoms with Gasteiger partial charge >= 0.3 is 0 Å². The summed E-state index contributed by atoms with van der Waals surface area (Å²) in [5.41, 5.74) is 4.99. The molecule has 1 N–H and O–H groups in total. The third kappa shape index (κ3) is 3.38. The van der Waals surface area contributed by atoms with E-state index in [-0.39, 0.29) is 0 Å². The minimum absolute atomic E-state index is 0.425. The van der Waals surface area contributed by atoms with Crippen molar-refractivity contribution in [2.45, 2.75) is 13.5 Å². The Bertz CT molecular complexity index is 1280. The van der Waals surface area contributed by atoms with E-state index in [0.717, 1.165) is 33.1 Å². The molecule has 5 aromatic rings. The lowest BCUT2D eigenvalue weighted by Crippen LogP contribution is -2.13. The highest BCUT2D eigenvalue weighted by molar-refractivity contribution is 6.08. The summed E-state index contributed by atoms with van der Waals surface area (Å²) in [5, 5.41) is 9.98. The monoisotopic (exact) mass is 380 g/mol. The van der Waals surface area contributed by atoms with Crippen LogP contribution in [-0.4, -0.2) is 14.9 Å². The van der Waals surface area contributed by atoms with Gasteiger partial charge in [-0.15, -0.1) is 5.10 Å². The highest BCUT2D eigenvalue weighted by atomic mass is 16.7. The van der Waals surface area contributed by atoms with E-state index >= 15 is 0 Å². The van der Waals surface area contributed by atoms with Gasteiger partial charge in [0, 0.05) is 16.5 Å². The van der Waals surface area contributed by atoms with Gasteiger partial charge in [0.25, 0.3) is 0 Å². The van der Waals surface area contributed by atoms with Gasteiger partial charge in [0.15, 0.2) is 11.3 Å². The first kappa shape index (κ1) is 17.3. The van der Waals surface area contributed by atoms with Crippen LogP contribution in [0.15, 0.2) is 85.1 Å². The lowest BCUT2D eigenvalue weighted by atomic mass is 10.1. The van der Waals surface area contributed by atoms with Crippen LogP contribution in [0.2, 0.25) is 0 Å². The first-order chi connectivity index (χ1) is 14.3. The van der Waals surface area contributed by atoms with Crippen molar-refractivity contribution in [1.82, 2.24) is 14.9 Å². The number of hydrogen-bond acceptors (Lipinski definition) is 4.